The Morgan fingerprint density at radius 1 is 1.42 bits per heavy atom. The molecule has 1 heterocycles. The Kier molecular flexibility index (Phi) is 6.94. The van der Waals surface area contributed by atoms with Crippen LogP contribution in [0.1, 0.15) is 31.4 Å². The normalized spacial score (nSPS) is 14.1. The molecule has 0 bridgehead atoms. The fraction of sp³-hybridized carbons (Fsp3) is 0.467. The van der Waals surface area contributed by atoms with Gasteiger partial charge in [0.2, 0.25) is 0 Å². The second-order valence-electron chi connectivity index (χ2n) is 4.63. The van der Waals surface area contributed by atoms with Crippen LogP contribution in [0, 0.1) is 0 Å². The summed E-state index contributed by atoms with van der Waals surface area (Å²) in [4.78, 5) is 0. The third-order valence-corrected chi connectivity index (χ3v) is 2.90. The zero-order valence-corrected chi connectivity index (χ0v) is 11.0. The number of aliphatic hydroxyl groups is 1. The number of hydrogen-bond donors (Lipinski definition) is 1. The van der Waals surface area contributed by atoms with Crippen LogP contribution in [0.3, 0.4) is 0 Å². The van der Waals surface area contributed by atoms with Gasteiger partial charge < -0.3 is 14.6 Å². The number of aliphatic hydroxyl groups excluding tert-OH is 1. The van der Waals surface area contributed by atoms with Gasteiger partial charge in [-0.2, -0.15) is 0 Å². The Morgan fingerprint density at radius 2 is 2.21 bits per heavy atom. The molecule has 0 spiro atoms. The Bertz CT molecular complexity index is 441. The van der Waals surface area contributed by atoms with Crippen molar-refractivity contribution in [3.63, 3.8) is 0 Å². The fourth-order valence-electron chi connectivity index (χ4n) is 2.09. The molecule has 1 aromatic rings. The molecule has 100 valence electrons. The summed E-state index contributed by atoms with van der Waals surface area (Å²) in [5.74, 6) is 1.75. The molecular weight excluding hydrogens is 251 g/mol. The van der Waals surface area contributed by atoms with E-state index in [1.807, 2.05) is 12.1 Å². The summed E-state index contributed by atoms with van der Waals surface area (Å²) in [6.07, 6.45) is 6.17. The molecule has 1 unspecified atom stereocenters. The summed E-state index contributed by atoms with van der Waals surface area (Å²) in [5, 5.41) is 9.29. The van der Waals surface area contributed by atoms with Crippen LogP contribution >= 0.6 is 0 Å². The molecule has 0 aromatic heterocycles. The Balaban J connectivity index is 0.00000180. The van der Waals surface area contributed by atoms with Gasteiger partial charge in [0.15, 0.2) is 0 Å². The van der Waals surface area contributed by atoms with E-state index in [4.69, 9.17) is 9.47 Å². The van der Waals surface area contributed by atoms with Crippen molar-refractivity contribution in [2.75, 3.05) is 6.61 Å². The average Bonchev–Trinajstić information content (AvgIpc) is 2.38. The monoisotopic (exact) mass is 272 g/mol. The molecule has 1 aromatic carbocycles. The summed E-state index contributed by atoms with van der Waals surface area (Å²) in [5.41, 5.74) is 2.31. The third kappa shape index (κ3) is 4.25. The Morgan fingerprint density at radius 3 is 2.89 bits per heavy atom. The number of allylic oxidation sites excluding steroid dienone is 1. The molecule has 0 radical (unpaired) electrons. The van der Waals surface area contributed by atoms with E-state index in [9.17, 15) is 5.11 Å². The molecule has 0 aliphatic carbocycles. The van der Waals surface area contributed by atoms with Crippen molar-refractivity contribution in [1.82, 2.24) is 0 Å². The third-order valence-electron chi connectivity index (χ3n) is 2.90. The minimum atomic E-state index is -0.462. The van der Waals surface area contributed by atoms with E-state index in [0.29, 0.717) is 6.61 Å². The van der Waals surface area contributed by atoms with Crippen LogP contribution in [0.2, 0.25) is 0 Å². The minimum absolute atomic E-state index is 0. The first-order valence-electron chi connectivity index (χ1n) is 6.49. The molecule has 2 rings (SSSR count). The van der Waals surface area contributed by atoms with Crippen LogP contribution in [0.4, 0.5) is 0 Å². The first-order chi connectivity index (χ1) is 8.72. The van der Waals surface area contributed by atoms with Gasteiger partial charge in [0.1, 0.15) is 18.1 Å². The number of hydrogen-bond acceptors (Lipinski definition) is 3. The molecule has 0 saturated heterocycles. The predicted octanol–water partition coefficient (Wildman–Crippen LogP) is 2.20. The van der Waals surface area contributed by atoms with Gasteiger partial charge in [0, 0.05) is 12.0 Å². The van der Waals surface area contributed by atoms with E-state index in [1.165, 1.54) is 5.56 Å². The second kappa shape index (κ2) is 7.95. The van der Waals surface area contributed by atoms with E-state index in [1.54, 1.807) is 13.2 Å². The van der Waals surface area contributed by atoms with Crippen LogP contribution in [-0.2, 0) is 12.8 Å². The van der Waals surface area contributed by atoms with Gasteiger partial charge in [-0.15, -0.1) is 0 Å². The fourth-order valence-corrected chi connectivity index (χ4v) is 2.09. The summed E-state index contributed by atoms with van der Waals surface area (Å²) < 4.78 is 11.3. The second-order valence-corrected chi connectivity index (χ2v) is 4.63. The molecule has 1 atom stereocenters. The molecule has 19 heavy (non-hydrogen) atoms. The van der Waals surface area contributed by atoms with Crippen molar-refractivity contribution < 1.29 is 14.6 Å². The number of aryl methyl sites for hydroxylation is 1. The maximum absolute atomic E-state index is 9.29. The average molecular weight is 272 g/mol. The quantitative estimate of drug-likeness (QED) is 0.835. The van der Waals surface area contributed by atoms with Gasteiger partial charge in [-0.1, -0.05) is 19.4 Å². The van der Waals surface area contributed by atoms with Crippen LogP contribution < -0.4 is 9.47 Å². The van der Waals surface area contributed by atoms with Crippen molar-refractivity contribution in [3.05, 3.63) is 35.6 Å². The summed E-state index contributed by atoms with van der Waals surface area (Å²) >= 11 is 0. The van der Waals surface area contributed by atoms with Gasteiger partial charge in [0.25, 0.3) is 0 Å². The van der Waals surface area contributed by atoms with Gasteiger partial charge >= 0.3 is 29.6 Å². The van der Waals surface area contributed by atoms with Gasteiger partial charge in [0.05, 0.1) is 12.4 Å². The molecule has 0 saturated carbocycles. The van der Waals surface area contributed by atoms with Crippen LogP contribution in [-0.4, -0.2) is 47.4 Å². The Hall–Kier alpha value is -0.480. The van der Waals surface area contributed by atoms with E-state index >= 15 is 0 Å². The van der Waals surface area contributed by atoms with Crippen LogP contribution in [0.15, 0.2) is 24.5 Å². The summed E-state index contributed by atoms with van der Waals surface area (Å²) in [7, 11) is 0. The number of benzene rings is 1. The molecule has 4 heteroatoms. The zero-order chi connectivity index (χ0) is 13.0. The zero-order valence-electron chi connectivity index (χ0n) is 11.0. The molecule has 3 nitrogen and oxygen atoms in total. The van der Waals surface area contributed by atoms with E-state index in [-0.39, 0.29) is 29.6 Å². The maximum atomic E-state index is 9.29. The van der Waals surface area contributed by atoms with Crippen molar-refractivity contribution in [2.24, 2.45) is 0 Å². The van der Waals surface area contributed by atoms with E-state index in [0.717, 1.165) is 36.3 Å². The SMILES string of the molecule is CCCc1ccc(OCC(C)O)c2c1OC=CC2.[NaH]. The number of rotatable bonds is 5. The van der Waals surface area contributed by atoms with Crippen molar-refractivity contribution in [2.45, 2.75) is 39.2 Å². The molecule has 1 aliphatic rings. The van der Waals surface area contributed by atoms with Crippen molar-refractivity contribution >= 4 is 29.6 Å². The molecular formula is C15H21NaO3. The number of ether oxygens (including phenoxy) is 2. The first kappa shape index (κ1) is 16.6. The predicted molar refractivity (Wildman–Crippen MR) is 78.2 cm³/mol. The van der Waals surface area contributed by atoms with Crippen molar-refractivity contribution in [1.29, 1.82) is 0 Å². The Labute approximate surface area is 136 Å². The van der Waals surface area contributed by atoms with Gasteiger partial charge in [-0.25, -0.2) is 0 Å². The van der Waals surface area contributed by atoms with Gasteiger partial charge in [-0.3, -0.25) is 0 Å². The number of fused-ring (bicyclic) bond motifs is 1. The molecule has 1 aliphatic heterocycles. The van der Waals surface area contributed by atoms with E-state index in [2.05, 4.69) is 13.0 Å². The standard InChI is InChI=1S/C15H20O3.Na.H/c1-3-5-12-7-8-14(18-10-11(2)16)13-6-4-9-17-15(12)13;;/h4,7-9,11,16H,3,5-6,10H2,1-2H3;;. The summed E-state index contributed by atoms with van der Waals surface area (Å²) in [6.45, 7) is 4.18. The van der Waals surface area contributed by atoms with Crippen LogP contribution in [0.5, 0.6) is 11.5 Å². The molecule has 0 amide bonds. The molecule has 1 N–H and O–H groups in total. The van der Waals surface area contributed by atoms with Crippen molar-refractivity contribution in [3.8, 4) is 11.5 Å². The first-order valence-corrected chi connectivity index (χ1v) is 6.49. The van der Waals surface area contributed by atoms with Gasteiger partial charge in [-0.05, 0) is 31.1 Å². The topological polar surface area (TPSA) is 38.7 Å². The summed E-state index contributed by atoms with van der Waals surface area (Å²) in [6, 6.07) is 4.04. The van der Waals surface area contributed by atoms with Crippen LogP contribution in [0.25, 0.3) is 0 Å². The van der Waals surface area contributed by atoms with E-state index < -0.39 is 6.10 Å². The molecule has 0 fully saturated rings.